The maximum Gasteiger partial charge on any atom is 0.0874 e. The monoisotopic (exact) mass is 224 g/mol. The van der Waals surface area contributed by atoms with Crippen molar-refractivity contribution in [1.82, 2.24) is 15.0 Å². The first-order chi connectivity index (χ1) is 7.56. The van der Waals surface area contributed by atoms with Crippen molar-refractivity contribution in [3.05, 3.63) is 11.4 Å². The lowest BCUT2D eigenvalue weighted by molar-refractivity contribution is 0.461. The summed E-state index contributed by atoms with van der Waals surface area (Å²) in [7, 11) is 0. The summed E-state index contributed by atoms with van der Waals surface area (Å²) in [4.78, 5) is 0. The summed E-state index contributed by atoms with van der Waals surface area (Å²) in [6.45, 7) is 10.4. The molecule has 0 unspecified atom stereocenters. The second kappa shape index (κ2) is 5.99. The van der Waals surface area contributed by atoms with Crippen LogP contribution in [0.3, 0.4) is 0 Å². The molecule has 0 atom stereocenters. The zero-order chi connectivity index (χ0) is 12.1. The maximum atomic E-state index is 5.58. The van der Waals surface area contributed by atoms with Crippen LogP contribution in [0.1, 0.15) is 51.4 Å². The van der Waals surface area contributed by atoms with Crippen molar-refractivity contribution in [3.63, 3.8) is 0 Å². The molecule has 0 radical (unpaired) electrons. The SMILES string of the molecule is CC(C)CCn1nnc(CCN)c1C(C)C. The first-order valence-corrected chi connectivity index (χ1v) is 6.18. The number of nitrogens with two attached hydrogens (primary N) is 1. The zero-order valence-electron chi connectivity index (χ0n) is 10.9. The van der Waals surface area contributed by atoms with E-state index in [1.54, 1.807) is 0 Å². The number of aryl methyl sites for hydroxylation is 1. The molecule has 0 saturated heterocycles. The molecule has 0 bridgehead atoms. The summed E-state index contributed by atoms with van der Waals surface area (Å²) in [5.74, 6) is 1.16. The Morgan fingerprint density at radius 2 is 1.94 bits per heavy atom. The molecule has 1 rings (SSSR count). The van der Waals surface area contributed by atoms with Crippen LogP contribution < -0.4 is 5.73 Å². The van der Waals surface area contributed by atoms with Gasteiger partial charge in [0.2, 0.25) is 0 Å². The van der Waals surface area contributed by atoms with E-state index < -0.39 is 0 Å². The smallest absolute Gasteiger partial charge is 0.0874 e. The van der Waals surface area contributed by atoms with Crippen LogP contribution in [-0.2, 0) is 13.0 Å². The quantitative estimate of drug-likeness (QED) is 0.803. The predicted octanol–water partition coefficient (Wildman–Crippen LogP) is 1.95. The van der Waals surface area contributed by atoms with Crippen LogP contribution in [0.25, 0.3) is 0 Å². The third-order valence-corrected chi connectivity index (χ3v) is 2.69. The van der Waals surface area contributed by atoms with Gasteiger partial charge in [-0.25, -0.2) is 4.68 Å². The Morgan fingerprint density at radius 3 is 2.44 bits per heavy atom. The van der Waals surface area contributed by atoms with Crippen LogP contribution in [0.15, 0.2) is 0 Å². The van der Waals surface area contributed by atoms with Gasteiger partial charge >= 0.3 is 0 Å². The van der Waals surface area contributed by atoms with Gasteiger partial charge in [0, 0.05) is 13.0 Å². The first-order valence-electron chi connectivity index (χ1n) is 6.18. The molecule has 4 heteroatoms. The number of aromatic nitrogens is 3. The van der Waals surface area contributed by atoms with Crippen LogP contribution in [0.2, 0.25) is 0 Å². The highest BCUT2D eigenvalue weighted by atomic mass is 15.4. The molecule has 0 saturated carbocycles. The van der Waals surface area contributed by atoms with Crippen molar-refractivity contribution in [2.75, 3.05) is 6.54 Å². The highest BCUT2D eigenvalue weighted by Gasteiger charge is 2.15. The minimum atomic E-state index is 0.462. The summed E-state index contributed by atoms with van der Waals surface area (Å²) in [6.07, 6.45) is 1.97. The minimum absolute atomic E-state index is 0.462. The molecule has 1 aromatic heterocycles. The van der Waals surface area contributed by atoms with E-state index in [0.717, 1.165) is 25.1 Å². The molecule has 0 aliphatic heterocycles. The number of hydrogen-bond donors (Lipinski definition) is 1. The summed E-state index contributed by atoms with van der Waals surface area (Å²) in [5.41, 5.74) is 7.91. The van der Waals surface area contributed by atoms with E-state index in [2.05, 4.69) is 42.7 Å². The Morgan fingerprint density at radius 1 is 1.25 bits per heavy atom. The standard InChI is InChI=1S/C12H24N4/c1-9(2)6-8-16-12(10(3)4)11(5-7-13)14-15-16/h9-10H,5-8,13H2,1-4H3. The molecule has 0 aliphatic rings. The molecule has 0 aromatic carbocycles. The number of nitrogens with zero attached hydrogens (tertiary/aromatic N) is 3. The molecule has 0 fully saturated rings. The second-order valence-electron chi connectivity index (χ2n) is 5.02. The molecule has 4 nitrogen and oxygen atoms in total. The molecule has 2 N–H and O–H groups in total. The second-order valence-corrected chi connectivity index (χ2v) is 5.02. The van der Waals surface area contributed by atoms with E-state index in [4.69, 9.17) is 5.73 Å². The molecule has 92 valence electrons. The van der Waals surface area contributed by atoms with Gasteiger partial charge in [-0.15, -0.1) is 5.10 Å². The molecular weight excluding hydrogens is 200 g/mol. The Bertz CT molecular complexity index is 315. The van der Waals surface area contributed by atoms with Crippen LogP contribution in [0.4, 0.5) is 0 Å². The van der Waals surface area contributed by atoms with Gasteiger partial charge in [-0.2, -0.15) is 0 Å². The zero-order valence-corrected chi connectivity index (χ0v) is 10.9. The van der Waals surface area contributed by atoms with E-state index in [1.165, 1.54) is 5.69 Å². The third kappa shape index (κ3) is 3.30. The molecule has 0 spiro atoms. The minimum Gasteiger partial charge on any atom is -0.330 e. The van der Waals surface area contributed by atoms with Gasteiger partial charge in [0.05, 0.1) is 11.4 Å². The van der Waals surface area contributed by atoms with Crippen LogP contribution >= 0.6 is 0 Å². The van der Waals surface area contributed by atoms with Crippen molar-refractivity contribution >= 4 is 0 Å². The van der Waals surface area contributed by atoms with E-state index >= 15 is 0 Å². The fourth-order valence-electron chi connectivity index (χ4n) is 1.85. The van der Waals surface area contributed by atoms with Crippen molar-refractivity contribution in [1.29, 1.82) is 0 Å². The van der Waals surface area contributed by atoms with Crippen LogP contribution in [0.5, 0.6) is 0 Å². The Kier molecular flexibility index (Phi) is 4.93. The lowest BCUT2D eigenvalue weighted by Gasteiger charge is -2.11. The van der Waals surface area contributed by atoms with Gasteiger partial charge in [0.1, 0.15) is 0 Å². The highest BCUT2D eigenvalue weighted by molar-refractivity contribution is 5.14. The largest absolute Gasteiger partial charge is 0.330 e. The lowest BCUT2D eigenvalue weighted by atomic mass is 10.1. The van der Waals surface area contributed by atoms with E-state index in [-0.39, 0.29) is 0 Å². The normalized spacial score (nSPS) is 11.7. The van der Waals surface area contributed by atoms with Crippen molar-refractivity contribution in [2.45, 2.75) is 53.0 Å². The third-order valence-electron chi connectivity index (χ3n) is 2.69. The van der Waals surface area contributed by atoms with Gasteiger partial charge in [-0.3, -0.25) is 0 Å². The Labute approximate surface area is 98.2 Å². The molecule has 16 heavy (non-hydrogen) atoms. The summed E-state index contributed by atoms with van der Waals surface area (Å²) in [6, 6.07) is 0. The summed E-state index contributed by atoms with van der Waals surface area (Å²) < 4.78 is 2.05. The molecular formula is C12H24N4. The fourth-order valence-corrected chi connectivity index (χ4v) is 1.85. The van der Waals surface area contributed by atoms with Gasteiger partial charge in [-0.1, -0.05) is 32.9 Å². The highest BCUT2D eigenvalue weighted by Crippen LogP contribution is 2.18. The van der Waals surface area contributed by atoms with Gasteiger partial charge in [0.25, 0.3) is 0 Å². The molecule has 0 amide bonds. The Balaban J connectivity index is 2.82. The van der Waals surface area contributed by atoms with Gasteiger partial charge in [-0.05, 0) is 24.8 Å². The lowest BCUT2D eigenvalue weighted by Crippen LogP contribution is -2.11. The summed E-state index contributed by atoms with van der Waals surface area (Å²) >= 11 is 0. The average molecular weight is 224 g/mol. The predicted molar refractivity (Wildman–Crippen MR) is 66.3 cm³/mol. The van der Waals surface area contributed by atoms with Gasteiger partial charge in [0.15, 0.2) is 0 Å². The number of rotatable bonds is 6. The van der Waals surface area contributed by atoms with E-state index in [0.29, 0.717) is 18.4 Å². The average Bonchev–Trinajstić information content (AvgIpc) is 2.58. The molecule has 1 aromatic rings. The van der Waals surface area contributed by atoms with Gasteiger partial charge < -0.3 is 5.73 Å². The molecule has 1 heterocycles. The number of hydrogen-bond acceptors (Lipinski definition) is 3. The summed E-state index contributed by atoms with van der Waals surface area (Å²) in [5, 5.41) is 8.48. The van der Waals surface area contributed by atoms with Crippen LogP contribution in [0, 0.1) is 5.92 Å². The Hall–Kier alpha value is -0.900. The molecule has 0 aliphatic carbocycles. The van der Waals surface area contributed by atoms with Crippen molar-refractivity contribution < 1.29 is 0 Å². The fraction of sp³-hybridized carbons (Fsp3) is 0.833. The maximum absolute atomic E-state index is 5.58. The van der Waals surface area contributed by atoms with E-state index in [1.807, 2.05) is 0 Å². The van der Waals surface area contributed by atoms with E-state index in [9.17, 15) is 0 Å². The first kappa shape index (κ1) is 13.2. The van der Waals surface area contributed by atoms with Crippen molar-refractivity contribution in [3.8, 4) is 0 Å². The van der Waals surface area contributed by atoms with Crippen molar-refractivity contribution in [2.24, 2.45) is 11.7 Å². The van der Waals surface area contributed by atoms with Crippen LogP contribution in [-0.4, -0.2) is 21.5 Å². The topological polar surface area (TPSA) is 56.7 Å².